The molecule has 0 fully saturated rings. The maximum atomic E-state index is 14.3. The molecule has 2 unspecified atom stereocenters. The Bertz CT molecular complexity index is 1180. The van der Waals surface area contributed by atoms with Crippen molar-refractivity contribution in [3.05, 3.63) is 70.9 Å². The van der Waals surface area contributed by atoms with Gasteiger partial charge in [0, 0.05) is 36.5 Å². The lowest BCUT2D eigenvalue weighted by Gasteiger charge is -2.32. The molecule has 0 spiro atoms. The van der Waals surface area contributed by atoms with E-state index in [1.807, 2.05) is 11.9 Å². The van der Waals surface area contributed by atoms with Crippen LogP contribution in [0.3, 0.4) is 0 Å². The van der Waals surface area contributed by atoms with Crippen molar-refractivity contribution < 1.29 is 28.3 Å². The highest BCUT2D eigenvalue weighted by atomic mass is 19.1. The van der Waals surface area contributed by atoms with Crippen LogP contribution < -0.4 is 10.6 Å². The van der Waals surface area contributed by atoms with E-state index in [1.54, 1.807) is 24.3 Å². The van der Waals surface area contributed by atoms with Gasteiger partial charge in [-0.25, -0.2) is 13.6 Å². The molecule has 1 aliphatic carbocycles. The van der Waals surface area contributed by atoms with Gasteiger partial charge in [-0.05, 0) is 48.6 Å². The highest BCUT2D eigenvalue weighted by Crippen LogP contribution is 2.33. The molecule has 2 amide bonds. The summed E-state index contributed by atoms with van der Waals surface area (Å²) in [5.41, 5.74) is 2.77. The number of carboxylic acid groups (broad SMARTS) is 1. The Labute approximate surface area is 195 Å². The highest BCUT2D eigenvalue weighted by molar-refractivity contribution is 6.03. The van der Waals surface area contributed by atoms with Crippen molar-refractivity contribution in [1.29, 1.82) is 0 Å². The lowest BCUT2D eigenvalue weighted by molar-refractivity contribution is -0.137. The van der Waals surface area contributed by atoms with Gasteiger partial charge in [0.05, 0.1) is 12.5 Å². The number of nitrogens with one attached hydrogen (secondary N) is 2. The third-order valence-electron chi connectivity index (χ3n) is 6.24. The second kappa shape index (κ2) is 9.62. The van der Waals surface area contributed by atoms with Gasteiger partial charge in [-0.2, -0.15) is 0 Å². The lowest BCUT2D eigenvalue weighted by atomic mass is 9.97. The second-order valence-corrected chi connectivity index (χ2v) is 8.59. The number of nitrogens with zero attached hydrogens (tertiary/aromatic N) is 1. The van der Waals surface area contributed by atoms with Crippen molar-refractivity contribution >= 4 is 17.8 Å². The van der Waals surface area contributed by atoms with Crippen LogP contribution in [0.25, 0.3) is 11.1 Å². The number of urea groups is 1. The summed E-state index contributed by atoms with van der Waals surface area (Å²) < 4.78 is 27.5. The van der Waals surface area contributed by atoms with E-state index in [1.165, 1.54) is 6.07 Å². The maximum Gasteiger partial charge on any atom is 0.315 e. The summed E-state index contributed by atoms with van der Waals surface area (Å²) in [5, 5.41) is 14.7. The van der Waals surface area contributed by atoms with Crippen molar-refractivity contribution in [2.45, 2.75) is 37.8 Å². The molecule has 2 aromatic rings. The Balaban J connectivity index is 1.52. The molecule has 0 radical (unpaired) electrons. The molecule has 7 nitrogen and oxygen atoms in total. The number of carbonyl (C=O) groups is 3. The lowest BCUT2D eigenvalue weighted by Crippen LogP contribution is -2.53. The number of benzene rings is 2. The average molecular weight is 469 g/mol. The molecule has 0 saturated carbocycles. The number of carboxylic acids is 1. The van der Waals surface area contributed by atoms with Gasteiger partial charge in [0.2, 0.25) is 0 Å². The van der Waals surface area contributed by atoms with Crippen LogP contribution in [0.15, 0.2) is 53.7 Å². The summed E-state index contributed by atoms with van der Waals surface area (Å²) in [6.45, 7) is 0.341. The fourth-order valence-electron chi connectivity index (χ4n) is 4.63. The first-order valence-electron chi connectivity index (χ1n) is 11.0. The third-order valence-corrected chi connectivity index (χ3v) is 6.24. The quantitative estimate of drug-likeness (QED) is 0.598. The molecular formula is C25H25F2N3O4. The van der Waals surface area contributed by atoms with Crippen LogP contribution >= 0.6 is 0 Å². The number of likely N-dealkylation sites (N-methyl/N-ethyl adjacent to an activating group) is 1. The molecule has 2 atom stereocenters. The average Bonchev–Trinajstić information content (AvgIpc) is 3.27. The fourth-order valence-corrected chi connectivity index (χ4v) is 4.63. The summed E-state index contributed by atoms with van der Waals surface area (Å²) >= 11 is 0. The molecule has 9 heteroatoms. The molecule has 0 aromatic heterocycles. The largest absolute Gasteiger partial charge is 0.481 e. The summed E-state index contributed by atoms with van der Waals surface area (Å²) in [7, 11) is 1.88. The molecular weight excluding hydrogens is 444 g/mol. The minimum atomic E-state index is -1.14. The molecule has 2 aliphatic rings. The number of allylic oxidation sites excluding steroid dienone is 1. The Hall–Kier alpha value is -3.75. The summed E-state index contributed by atoms with van der Waals surface area (Å²) in [5.74, 6) is -2.71. The van der Waals surface area contributed by atoms with E-state index in [0.29, 0.717) is 24.1 Å². The predicted molar refractivity (Wildman–Crippen MR) is 121 cm³/mol. The maximum absolute atomic E-state index is 14.3. The number of carbonyl (C=O) groups excluding carboxylic acids is 2. The number of rotatable bonds is 6. The topological polar surface area (TPSA) is 98.7 Å². The monoisotopic (exact) mass is 469 g/mol. The first kappa shape index (κ1) is 23.4. The van der Waals surface area contributed by atoms with Gasteiger partial charge in [-0.3, -0.25) is 9.59 Å². The van der Waals surface area contributed by atoms with Crippen LogP contribution in [0.4, 0.5) is 13.6 Å². The molecule has 1 heterocycles. The van der Waals surface area contributed by atoms with Crippen LogP contribution in [-0.4, -0.2) is 47.4 Å². The summed E-state index contributed by atoms with van der Waals surface area (Å²) in [4.78, 5) is 39.0. The van der Waals surface area contributed by atoms with Crippen LogP contribution in [0, 0.1) is 11.6 Å². The molecule has 1 aliphatic heterocycles. The van der Waals surface area contributed by atoms with Gasteiger partial charge < -0.3 is 20.6 Å². The molecule has 178 valence electrons. The van der Waals surface area contributed by atoms with Gasteiger partial charge in [-0.1, -0.05) is 18.2 Å². The normalized spacial score (nSPS) is 18.5. The Kier molecular flexibility index (Phi) is 6.63. The first-order chi connectivity index (χ1) is 16.2. The molecule has 0 saturated heterocycles. The molecule has 34 heavy (non-hydrogen) atoms. The minimum absolute atomic E-state index is 0.107. The van der Waals surface area contributed by atoms with E-state index >= 15 is 0 Å². The standard InChI is InChI=1S/C25H25F2N3O4/c1-30-13-21(24(33)18-6-3-7-22(18)30)29-25(34)28-20(12-23(31)32)15-5-2-4-14(10-15)17-9-8-16(26)11-19(17)27/h2,4-5,8-11,20-21H,3,6-7,12-13H2,1H3,(H,31,32)(H2,28,29,34). The highest BCUT2D eigenvalue weighted by Gasteiger charge is 2.35. The number of halogens is 2. The summed E-state index contributed by atoms with van der Waals surface area (Å²) in [6.07, 6.45) is 2.02. The second-order valence-electron chi connectivity index (χ2n) is 8.59. The first-order valence-corrected chi connectivity index (χ1v) is 11.0. The van der Waals surface area contributed by atoms with Gasteiger partial charge in [0.25, 0.3) is 0 Å². The number of aliphatic carboxylic acids is 1. The Morgan fingerprint density at radius 2 is 1.97 bits per heavy atom. The van der Waals surface area contributed by atoms with Crippen molar-refractivity contribution in [1.82, 2.24) is 15.5 Å². The van der Waals surface area contributed by atoms with Crippen molar-refractivity contribution in [3.8, 4) is 11.1 Å². The van der Waals surface area contributed by atoms with E-state index in [-0.39, 0.29) is 11.3 Å². The fraction of sp³-hybridized carbons (Fsp3) is 0.320. The zero-order chi connectivity index (χ0) is 24.4. The van der Waals surface area contributed by atoms with Crippen molar-refractivity contribution in [3.63, 3.8) is 0 Å². The smallest absolute Gasteiger partial charge is 0.315 e. The van der Waals surface area contributed by atoms with E-state index in [9.17, 15) is 28.3 Å². The van der Waals surface area contributed by atoms with Gasteiger partial charge in [0.1, 0.15) is 17.7 Å². The zero-order valence-corrected chi connectivity index (χ0v) is 18.6. The Morgan fingerprint density at radius 3 is 2.71 bits per heavy atom. The number of hydrogen-bond donors (Lipinski definition) is 3. The predicted octanol–water partition coefficient (Wildman–Crippen LogP) is 3.77. The summed E-state index contributed by atoms with van der Waals surface area (Å²) in [6, 6.07) is 7.27. The third kappa shape index (κ3) is 4.93. The SMILES string of the molecule is CN1CC(NC(=O)NC(CC(=O)O)c2cccc(-c3ccc(F)cc3F)c2)C(=O)C2=C1CCC2. The number of amides is 2. The van der Waals surface area contributed by atoms with Crippen LogP contribution in [0.2, 0.25) is 0 Å². The minimum Gasteiger partial charge on any atom is -0.481 e. The van der Waals surface area contributed by atoms with Gasteiger partial charge >= 0.3 is 12.0 Å². The Morgan fingerprint density at radius 1 is 1.18 bits per heavy atom. The number of Topliss-reactive ketones (excluding diaryl/α,β-unsaturated/α-hetero) is 1. The van der Waals surface area contributed by atoms with Crippen molar-refractivity contribution in [2.75, 3.05) is 13.6 Å². The van der Waals surface area contributed by atoms with E-state index in [4.69, 9.17) is 0 Å². The molecule has 4 rings (SSSR count). The molecule has 0 bridgehead atoms. The van der Waals surface area contributed by atoms with Crippen LogP contribution in [-0.2, 0) is 9.59 Å². The van der Waals surface area contributed by atoms with Crippen LogP contribution in [0.1, 0.15) is 37.3 Å². The van der Waals surface area contributed by atoms with Gasteiger partial charge in [0.15, 0.2) is 5.78 Å². The number of hydrogen-bond acceptors (Lipinski definition) is 4. The molecule has 3 N–H and O–H groups in total. The van der Waals surface area contributed by atoms with Gasteiger partial charge in [-0.15, -0.1) is 0 Å². The van der Waals surface area contributed by atoms with Crippen LogP contribution in [0.5, 0.6) is 0 Å². The van der Waals surface area contributed by atoms with E-state index in [2.05, 4.69) is 10.6 Å². The molecule has 2 aromatic carbocycles. The number of ketones is 1. The van der Waals surface area contributed by atoms with E-state index in [0.717, 1.165) is 36.2 Å². The van der Waals surface area contributed by atoms with E-state index < -0.39 is 42.1 Å². The van der Waals surface area contributed by atoms with Crippen molar-refractivity contribution in [2.24, 2.45) is 0 Å². The zero-order valence-electron chi connectivity index (χ0n) is 18.6.